The number of nitrogens with zero attached hydrogens (tertiary/aromatic N) is 5. The number of aryl methyl sites for hydroxylation is 1. The molecule has 0 aliphatic carbocycles. The Balaban J connectivity index is 1.51. The fourth-order valence-electron chi connectivity index (χ4n) is 3.31. The van der Waals surface area contributed by atoms with Crippen molar-refractivity contribution in [3.63, 3.8) is 0 Å². The van der Waals surface area contributed by atoms with E-state index in [1.165, 1.54) is 0 Å². The van der Waals surface area contributed by atoms with Crippen molar-refractivity contribution in [1.29, 1.82) is 0 Å². The molecule has 25 heavy (non-hydrogen) atoms. The second kappa shape index (κ2) is 6.51. The highest BCUT2D eigenvalue weighted by Gasteiger charge is 2.29. The van der Waals surface area contributed by atoms with E-state index in [0.717, 1.165) is 30.8 Å². The number of amides is 1. The molecule has 0 spiro atoms. The number of aromatic nitrogens is 4. The lowest BCUT2D eigenvalue weighted by atomic mass is 9.97. The molecule has 7 nitrogen and oxygen atoms in total. The third kappa shape index (κ3) is 3.05. The molecule has 1 atom stereocenters. The van der Waals surface area contributed by atoms with Crippen LogP contribution in [0.15, 0.2) is 47.2 Å². The summed E-state index contributed by atoms with van der Waals surface area (Å²) in [4.78, 5) is 14.6. The molecule has 1 aliphatic heterocycles. The smallest absolute Gasteiger partial charge is 0.276 e. The van der Waals surface area contributed by atoms with Crippen LogP contribution >= 0.6 is 0 Å². The van der Waals surface area contributed by atoms with Gasteiger partial charge < -0.3 is 14.0 Å². The maximum absolute atomic E-state index is 12.8. The molecule has 0 radical (unpaired) electrons. The zero-order chi connectivity index (χ0) is 17.2. The lowest BCUT2D eigenvalue weighted by molar-refractivity contribution is 0.0693. The van der Waals surface area contributed by atoms with Gasteiger partial charge in [0, 0.05) is 37.7 Å². The maximum atomic E-state index is 12.8. The summed E-state index contributed by atoms with van der Waals surface area (Å²) in [6, 6.07) is 11.4. The number of rotatable bonds is 3. The molecule has 128 valence electrons. The minimum Gasteiger partial charge on any atom is -0.355 e. The minimum atomic E-state index is -0.0993. The highest BCUT2D eigenvalue weighted by Crippen LogP contribution is 2.27. The first kappa shape index (κ1) is 15.6. The number of hydrogen-bond donors (Lipinski definition) is 0. The lowest BCUT2D eigenvalue weighted by Gasteiger charge is -2.31. The van der Waals surface area contributed by atoms with Crippen molar-refractivity contribution < 1.29 is 9.32 Å². The van der Waals surface area contributed by atoms with E-state index in [0.29, 0.717) is 18.0 Å². The maximum Gasteiger partial charge on any atom is 0.276 e. The molecule has 3 aromatic rings. The van der Waals surface area contributed by atoms with Crippen LogP contribution in [0.1, 0.15) is 35.1 Å². The molecule has 0 N–H and O–H groups in total. The van der Waals surface area contributed by atoms with E-state index >= 15 is 0 Å². The first-order valence-electron chi connectivity index (χ1n) is 8.37. The largest absolute Gasteiger partial charge is 0.355 e. The number of hydrogen-bond acceptors (Lipinski definition) is 5. The van der Waals surface area contributed by atoms with Gasteiger partial charge in [-0.3, -0.25) is 4.79 Å². The van der Waals surface area contributed by atoms with Crippen molar-refractivity contribution in [2.75, 3.05) is 13.1 Å². The molecule has 1 fully saturated rings. The van der Waals surface area contributed by atoms with E-state index in [-0.39, 0.29) is 11.8 Å². The highest BCUT2D eigenvalue weighted by molar-refractivity contribution is 5.93. The fourth-order valence-corrected chi connectivity index (χ4v) is 3.31. The molecule has 0 saturated carbocycles. The summed E-state index contributed by atoms with van der Waals surface area (Å²) < 4.78 is 7.28. The highest BCUT2D eigenvalue weighted by atomic mass is 16.5. The molecule has 4 rings (SSSR count). The number of carbonyl (C=O) groups is 1. The van der Waals surface area contributed by atoms with Gasteiger partial charge in [0.1, 0.15) is 12.2 Å². The van der Waals surface area contributed by atoms with E-state index < -0.39 is 0 Å². The van der Waals surface area contributed by atoms with Crippen molar-refractivity contribution in [3.8, 4) is 11.3 Å². The van der Waals surface area contributed by atoms with Crippen LogP contribution in [-0.4, -0.2) is 43.8 Å². The second-order valence-corrected chi connectivity index (χ2v) is 6.33. The first-order chi connectivity index (χ1) is 12.2. The van der Waals surface area contributed by atoms with Gasteiger partial charge in [-0.2, -0.15) is 0 Å². The third-order valence-electron chi connectivity index (χ3n) is 4.61. The zero-order valence-corrected chi connectivity index (χ0v) is 14.0. The molecule has 1 saturated heterocycles. The molecule has 7 heteroatoms. The van der Waals surface area contributed by atoms with Crippen molar-refractivity contribution in [3.05, 3.63) is 54.2 Å². The molecule has 0 bridgehead atoms. The van der Waals surface area contributed by atoms with Crippen LogP contribution in [0.25, 0.3) is 11.3 Å². The van der Waals surface area contributed by atoms with Gasteiger partial charge in [0.25, 0.3) is 5.91 Å². The predicted octanol–water partition coefficient (Wildman–Crippen LogP) is 2.49. The van der Waals surface area contributed by atoms with Crippen LogP contribution < -0.4 is 0 Å². The summed E-state index contributed by atoms with van der Waals surface area (Å²) >= 11 is 0. The standard InChI is InChI=1S/C18H19N5O2/c1-22-12-19-20-17(22)14-8-5-9-23(11-14)18(24)15-10-16(25-21-15)13-6-3-2-4-7-13/h2-4,6-7,10,12,14H,5,8-9,11H2,1H3/t14-/m1/s1. The zero-order valence-electron chi connectivity index (χ0n) is 14.0. The van der Waals surface area contributed by atoms with E-state index in [1.54, 1.807) is 12.4 Å². The SMILES string of the molecule is Cn1cnnc1[C@@H]1CCCN(C(=O)c2cc(-c3ccccc3)on2)C1. The monoisotopic (exact) mass is 337 g/mol. The summed E-state index contributed by atoms with van der Waals surface area (Å²) in [6.45, 7) is 1.35. The Morgan fingerprint density at radius 3 is 2.88 bits per heavy atom. The molecular formula is C18H19N5O2. The van der Waals surface area contributed by atoms with Gasteiger partial charge in [-0.25, -0.2) is 0 Å². The molecular weight excluding hydrogens is 318 g/mol. The third-order valence-corrected chi connectivity index (χ3v) is 4.61. The number of piperidine rings is 1. The molecule has 1 amide bonds. The van der Waals surface area contributed by atoms with Gasteiger partial charge in [-0.1, -0.05) is 35.5 Å². The second-order valence-electron chi connectivity index (χ2n) is 6.33. The first-order valence-corrected chi connectivity index (χ1v) is 8.37. The Morgan fingerprint density at radius 1 is 1.28 bits per heavy atom. The topological polar surface area (TPSA) is 77.0 Å². The number of benzene rings is 1. The normalized spacial score (nSPS) is 17.6. The summed E-state index contributed by atoms with van der Waals surface area (Å²) in [5, 5.41) is 12.1. The van der Waals surface area contributed by atoms with Gasteiger partial charge in [-0.15, -0.1) is 10.2 Å². The van der Waals surface area contributed by atoms with Crippen molar-refractivity contribution in [1.82, 2.24) is 24.8 Å². The van der Waals surface area contributed by atoms with Crippen LogP contribution in [0, 0.1) is 0 Å². The molecule has 0 unspecified atom stereocenters. The lowest BCUT2D eigenvalue weighted by Crippen LogP contribution is -2.39. The minimum absolute atomic E-state index is 0.0993. The van der Waals surface area contributed by atoms with Gasteiger partial charge in [0.2, 0.25) is 0 Å². The van der Waals surface area contributed by atoms with E-state index in [2.05, 4.69) is 15.4 Å². The predicted molar refractivity (Wildman–Crippen MR) is 90.8 cm³/mol. The van der Waals surface area contributed by atoms with Crippen LogP contribution in [0.3, 0.4) is 0 Å². The number of likely N-dealkylation sites (tertiary alicyclic amines) is 1. The van der Waals surface area contributed by atoms with Crippen LogP contribution in [0.4, 0.5) is 0 Å². The van der Waals surface area contributed by atoms with Crippen LogP contribution in [-0.2, 0) is 7.05 Å². The fraction of sp³-hybridized carbons (Fsp3) is 0.333. The van der Waals surface area contributed by atoms with E-state index in [4.69, 9.17) is 4.52 Å². The Kier molecular flexibility index (Phi) is 4.05. The summed E-state index contributed by atoms with van der Waals surface area (Å²) in [5.74, 6) is 1.62. The Morgan fingerprint density at radius 2 is 2.12 bits per heavy atom. The van der Waals surface area contributed by atoms with E-state index in [9.17, 15) is 4.79 Å². The molecule has 1 aliphatic rings. The average Bonchev–Trinajstić information content (AvgIpc) is 3.31. The van der Waals surface area contributed by atoms with Crippen molar-refractivity contribution >= 4 is 5.91 Å². The Hall–Kier alpha value is -2.96. The van der Waals surface area contributed by atoms with Gasteiger partial charge >= 0.3 is 0 Å². The summed E-state index contributed by atoms with van der Waals surface area (Å²) in [5.41, 5.74) is 1.25. The van der Waals surface area contributed by atoms with Crippen LogP contribution in [0.5, 0.6) is 0 Å². The van der Waals surface area contributed by atoms with Crippen molar-refractivity contribution in [2.24, 2.45) is 7.05 Å². The Labute approximate surface area is 145 Å². The van der Waals surface area contributed by atoms with Crippen molar-refractivity contribution in [2.45, 2.75) is 18.8 Å². The number of carbonyl (C=O) groups excluding carboxylic acids is 1. The average molecular weight is 337 g/mol. The van der Waals surface area contributed by atoms with Gasteiger partial charge in [0.05, 0.1) is 0 Å². The van der Waals surface area contributed by atoms with Gasteiger partial charge in [-0.05, 0) is 12.8 Å². The quantitative estimate of drug-likeness (QED) is 0.734. The van der Waals surface area contributed by atoms with Crippen LogP contribution in [0.2, 0.25) is 0 Å². The summed E-state index contributed by atoms with van der Waals surface area (Å²) in [7, 11) is 1.93. The molecule has 1 aromatic carbocycles. The molecule has 3 heterocycles. The summed E-state index contributed by atoms with van der Waals surface area (Å²) in [6.07, 6.45) is 3.64. The Bertz CT molecular complexity index is 870. The van der Waals surface area contributed by atoms with Gasteiger partial charge in [0.15, 0.2) is 11.5 Å². The van der Waals surface area contributed by atoms with E-state index in [1.807, 2.05) is 46.8 Å². The molecule has 2 aromatic heterocycles.